The monoisotopic (exact) mass is 337 g/mol. The molecule has 4 aliphatic rings. The van der Waals surface area contributed by atoms with Gasteiger partial charge in [0.2, 0.25) is 5.95 Å². The van der Waals surface area contributed by atoms with Crippen LogP contribution in [0.1, 0.15) is 44.2 Å². The Morgan fingerprint density at radius 1 is 1.20 bits per heavy atom. The molecule has 3 N–H and O–H groups in total. The molecule has 3 aliphatic heterocycles. The van der Waals surface area contributed by atoms with Gasteiger partial charge in [0.15, 0.2) is 5.82 Å². The number of hydrogen-bond donors (Lipinski definition) is 3. The van der Waals surface area contributed by atoms with Gasteiger partial charge in [-0.3, -0.25) is 10.1 Å². The first-order valence-electron chi connectivity index (χ1n) is 9.18. The fraction of sp³-hybridized carbons (Fsp3) is 0.500. The van der Waals surface area contributed by atoms with Gasteiger partial charge in [0.05, 0.1) is 11.4 Å². The average molecular weight is 337 g/mol. The zero-order valence-corrected chi connectivity index (χ0v) is 14.4. The molecular weight excluding hydrogens is 314 g/mol. The molecule has 4 heterocycles. The van der Waals surface area contributed by atoms with Crippen LogP contribution in [0.25, 0.3) is 11.4 Å². The van der Waals surface area contributed by atoms with Gasteiger partial charge in [0.25, 0.3) is 0 Å². The number of nitrogens with one attached hydrogen (secondary N) is 3. The molecule has 0 radical (unpaired) electrons. The second-order valence-electron chi connectivity index (χ2n) is 7.39. The van der Waals surface area contributed by atoms with Crippen LogP contribution in [-0.4, -0.2) is 38.2 Å². The lowest BCUT2D eigenvalue weighted by Crippen LogP contribution is -2.34. The van der Waals surface area contributed by atoms with Gasteiger partial charge in [-0.2, -0.15) is 10.1 Å². The molecule has 1 aromatic rings. The predicted molar refractivity (Wildman–Crippen MR) is 97.5 cm³/mol. The summed E-state index contributed by atoms with van der Waals surface area (Å²) in [7, 11) is 0. The topological polar surface area (TPSA) is 85.5 Å². The van der Waals surface area contributed by atoms with Crippen LogP contribution in [0.5, 0.6) is 0 Å². The minimum atomic E-state index is 0.631. The van der Waals surface area contributed by atoms with E-state index in [0.29, 0.717) is 5.92 Å². The second-order valence-corrected chi connectivity index (χ2v) is 7.39. The number of H-pyrrole nitrogens is 2. The molecule has 7 heteroatoms. The minimum Gasteiger partial charge on any atom is -0.342 e. The lowest BCUT2D eigenvalue weighted by molar-refractivity contribution is 0.434. The molecule has 1 saturated carbocycles. The standard InChI is InChI=1S/C18H23N7/c1-11-5-8-25(9-6-11)18-20-13-4-7-19-16(13)17(22-18)21-15-10-14(23-24-15)12-2-3-12/h4,7,10-12H,2-3,5-6,8-9H2,1H3,(H,20,22)(H2,21,23,24). The van der Waals surface area contributed by atoms with Crippen molar-refractivity contribution in [1.29, 1.82) is 0 Å². The SMILES string of the molecule is CC1CCN(c2nc(Nc3cc(C4CC4)n[nH]3)c3nccc-3[nH]2)CC1. The van der Waals surface area contributed by atoms with E-state index in [1.165, 1.54) is 25.7 Å². The Kier molecular flexibility index (Phi) is 3.39. The molecule has 25 heavy (non-hydrogen) atoms. The van der Waals surface area contributed by atoms with E-state index in [4.69, 9.17) is 4.98 Å². The fourth-order valence-corrected chi connectivity index (χ4v) is 3.51. The van der Waals surface area contributed by atoms with Crippen LogP contribution in [0.4, 0.5) is 17.6 Å². The van der Waals surface area contributed by atoms with Gasteiger partial charge in [-0.05, 0) is 37.7 Å². The van der Waals surface area contributed by atoms with Gasteiger partial charge in [-0.25, -0.2) is 0 Å². The van der Waals surface area contributed by atoms with Crippen molar-refractivity contribution in [2.45, 2.75) is 38.5 Å². The third-order valence-corrected chi connectivity index (χ3v) is 5.32. The molecule has 0 atom stereocenters. The van der Waals surface area contributed by atoms with Crippen LogP contribution in [0.3, 0.4) is 0 Å². The summed E-state index contributed by atoms with van der Waals surface area (Å²) in [6.45, 7) is 4.40. The molecule has 2 fully saturated rings. The number of fused-ring (bicyclic) bond motifs is 1. The van der Waals surface area contributed by atoms with Crippen LogP contribution in [0.15, 0.2) is 18.3 Å². The normalized spacial score (nSPS) is 18.8. The Morgan fingerprint density at radius 3 is 2.84 bits per heavy atom. The van der Waals surface area contributed by atoms with Crippen LogP contribution in [0, 0.1) is 5.92 Å². The van der Waals surface area contributed by atoms with E-state index < -0.39 is 0 Å². The number of aromatic nitrogens is 5. The maximum absolute atomic E-state index is 4.84. The van der Waals surface area contributed by atoms with Gasteiger partial charge in [-0.15, -0.1) is 0 Å². The fourth-order valence-electron chi connectivity index (χ4n) is 3.51. The van der Waals surface area contributed by atoms with Crippen molar-refractivity contribution >= 4 is 17.6 Å². The Labute approximate surface area is 146 Å². The summed E-state index contributed by atoms with van der Waals surface area (Å²) in [5.74, 6) is 3.99. The molecule has 1 aliphatic carbocycles. The van der Waals surface area contributed by atoms with E-state index in [0.717, 1.165) is 53.7 Å². The maximum Gasteiger partial charge on any atom is 0.205 e. The average Bonchev–Trinajstić information content (AvgIpc) is 3.17. The van der Waals surface area contributed by atoms with E-state index in [1.54, 1.807) is 0 Å². The summed E-state index contributed by atoms with van der Waals surface area (Å²) in [5.41, 5.74) is 3.01. The Hall–Kier alpha value is -2.57. The summed E-state index contributed by atoms with van der Waals surface area (Å²) >= 11 is 0. The van der Waals surface area contributed by atoms with Gasteiger partial charge >= 0.3 is 0 Å². The molecule has 0 unspecified atom stereocenters. The minimum absolute atomic E-state index is 0.631. The number of hydrogen-bond acceptors (Lipinski definition) is 5. The zero-order chi connectivity index (χ0) is 16.8. The Balaban J connectivity index is 1.45. The van der Waals surface area contributed by atoms with Crippen molar-refractivity contribution in [2.75, 3.05) is 23.3 Å². The Morgan fingerprint density at radius 2 is 2.04 bits per heavy atom. The molecule has 1 aromatic heterocycles. The zero-order valence-electron chi connectivity index (χ0n) is 14.4. The summed E-state index contributed by atoms with van der Waals surface area (Å²) in [6, 6.07) is 4.09. The smallest absolute Gasteiger partial charge is 0.205 e. The molecule has 0 aromatic carbocycles. The highest BCUT2D eigenvalue weighted by Gasteiger charge is 2.26. The first-order valence-corrected chi connectivity index (χ1v) is 9.18. The van der Waals surface area contributed by atoms with E-state index in [1.807, 2.05) is 12.3 Å². The van der Waals surface area contributed by atoms with E-state index >= 15 is 0 Å². The van der Waals surface area contributed by atoms with Gasteiger partial charge in [-0.1, -0.05) is 6.92 Å². The van der Waals surface area contributed by atoms with E-state index in [-0.39, 0.29) is 0 Å². The quantitative estimate of drug-likeness (QED) is 0.678. The molecule has 7 nitrogen and oxygen atoms in total. The summed E-state index contributed by atoms with van der Waals surface area (Å²) < 4.78 is 0. The van der Waals surface area contributed by atoms with Crippen molar-refractivity contribution in [2.24, 2.45) is 5.92 Å². The van der Waals surface area contributed by atoms with Gasteiger partial charge < -0.3 is 15.2 Å². The number of aromatic amines is 2. The highest BCUT2D eigenvalue weighted by molar-refractivity contribution is 5.75. The molecule has 0 amide bonds. The molecule has 130 valence electrons. The second kappa shape index (κ2) is 5.75. The van der Waals surface area contributed by atoms with Crippen molar-refractivity contribution in [1.82, 2.24) is 25.1 Å². The number of piperidine rings is 1. The third-order valence-electron chi connectivity index (χ3n) is 5.32. The number of nitrogens with zero attached hydrogens (tertiary/aromatic N) is 4. The molecule has 0 spiro atoms. The van der Waals surface area contributed by atoms with Crippen molar-refractivity contribution in [3.05, 3.63) is 24.0 Å². The highest BCUT2D eigenvalue weighted by atomic mass is 15.3. The largest absolute Gasteiger partial charge is 0.342 e. The van der Waals surface area contributed by atoms with Crippen LogP contribution >= 0.6 is 0 Å². The van der Waals surface area contributed by atoms with Crippen LogP contribution < -0.4 is 10.2 Å². The molecule has 1 saturated heterocycles. The maximum atomic E-state index is 4.84. The van der Waals surface area contributed by atoms with Crippen LogP contribution in [0.2, 0.25) is 0 Å². The van der Waals surface area contributed by atoms with E-state index in [2.05, 4.69) is 43.4 Å². The summed E-state index contributed by atoms with van der Waals surface area (Å²) in [6.07, 6.45) is 6.73. The van der Waals surface area contributed by atoms with Crippen LogP contribution in [-0.2, 0) is 0 Å². The summed E-state index contributed by atoms with van der Waals surface area (Å²) in [5, 5.41) is 10.9. The molecular formula is C18H23N7. The third kappa shape index (κ3) is 2.83. The Bertz CT molecular complexity index is 839. The van der Waals surface area contributed by atoms with Crippen molar-refractivity contribution in [3.63, 3.8) is 0 Å². The van der Waals surface area contributed by atoms with E-state index in [9.17, 15) is 0 Å². The number of rotatable bonds is 4. The molecule has 5 rings (SSSR count). The lowest BCUT2D eigenvalue weighted by Gasteiger charge is -2.31. The predicted octanol–water partition coefficient (Wildman–Crippen LogP) is 3.49. The highest BCUT2D eigenvalue weighted by Crippen LogP contribution is 2.40. The molecule has 0 bridgehead atoms. The van der Waals surface area contributed by atoms with Gasteiger partial charge in [0, 0.05) is 31.3 Å². The number of anilines is 3. The van der Waals surface area contributed by atoms with Gasteiger partial charge in [0.1, 0.15) is 11.5 Å². The summed E-state index contributed by atoms with van der Waals surface area (Å²) in [4.78, 5) is 15.1. The lowest BCUT2D eigenvalue weighted by atomic mass is 10.00. The van der Waals surface area contributed by atoms with Crippen molar-refractivity contribution in [3.8, 4) is 11.4 Å². The van der Waals surface area contributed by atoms with Crippen molar-refractivity contribution < 1.29 is 0 Å². The first kappa shape index (κ1) is 14.7. The first-order chi connectivity index (χ1) is 12.3.